The maximum atomic E-state index is 9.62. The van der Waals surface area contributed by atoms with Crippen molar-refractivity contribution in [3.63, 3.8) is 0 Å². The van der Waals surface area contributed by atoms with E-state index in [0.717, 1.165) is 10.0 Å². The Labute approximate surface area is 119 Å². The van der Waals surface area contributed by atoms with Gasteiger partial charge in [-0.05, 0) is 35.9 Å². The van der Waals surface area contributed by atoms with E-state index in [4.69, 9.17) is 11.6 Å². The van der Waals surface area contributed by atoms with Gasteiger partial charge in [0.1, 0.15) is 5.75 Å². The van der Waals surface area contributed by atoms with Crippen LogP contribution in [-0.2, 0) is 6.54 Å². The number of hydrogen-bond donors (Lipinski definition) is 1. The first-order chi connectivity index (χ1) is 8.65. The van der Waals surface area contributed by atoms with Gasteiger partial charge in [0.2, 0.25) is 0 Å². The zero-order chi connectivity index (χ0) is 13.0. The highest BCUT2D eigenvalue weighted by Gasteiger charge is 1.98. The summed E-state index contributed by atoms with van der Waals surface area (Å²) in [5.41, 5.74) is 1.72. The van der Waals surface area contributed by atoms with Crippen LogP contribution in [0.4, 0.5) is 0 Å². The number of rotatable bonds is 3. The largest absolute Gasteiger partial charge is 0.507 e. The second-order valence-corrected chi connectivity index (χ2v) is 5.15. The molecule has 0 atom stereocenters. The van der Waals surface area contributed by atoms with E-state index in [1.165, 1.54) is 0 Å². The fraction of sp³-hybridized carbons (Fsp3) is 0.0714. The number of aliphatic imine (C=N–C) groups is 1. The van der Waals surface area contributed by atoms with Crippen molar-refractivity contribution in [1.29, 1.82) is 0 Å². The minimum atomic E-state index is 0.178. The molecule has 0 aromatic heterocycles. The number of benzene rings is 2. The van der Waals surface area contributed by atoms with E-state index in [1.807, 2.05) is 24.3 Å². The Morgan fingerprint density at radius 3 is 2.83 bits per heavy atom. The molecule has 0 radical (unpaired) electrons. The first-order valence-corrected chi connectivity index (χ1v) is 6.55. The molecular formula is C14H11BrClNO. The van der Waals surface area contributed by atoms with E-state index in [9.17, 15) is 5.11 Å². The van der Waals surface area contributed by atoms with Crippen LogP contribution in [0.3, 0.4) is 0 Å². The zero-order valence-electron chi connectivity index (χ0n) is 9.48. The quantitative estimate of drug-likeness (QED) is 0.832. The second-order valence-electron chi connectivity index (χ2n) is 3.80. The van der Waals surface area contributed by atoms with Crippen LogP contribution in [0.25, 0.3) is 0 Å². The van der Waals surface area contributed by atoms with E-state index >= 15 is 0 Å². The highest BCUT2D eigenvalue weighted by atomic mass is 79.9. The third kappa shape index (κ3) is 3.59. The topological polar surface area (TPSA) is 32.6 Å². The van der Waals surface area contributed by atoms with Gasteiger partial charge in [0, 0.05) is 21.3 Å². The Bertz CT molecular complexity index is 584. The molecule has 0 aliphatic rings. The maximum absolute atomic E-state index is 9.62. The molecule has 0 spiro atoms. The number of aromatic hydroxyl groups is 1. The lowest BCUT2D eigenvalue weighted by molar-refractivity contribution is 0.474. The molecule has 0 aliphatic carbocycles. The van der Waals surface area contributed by atoms with Gasteiger partial charge in [0.15, 0.2) is 0 Å². The van der Waals surface area contributed by atoms with Crippen molar-refractivity contribution in [2.75, 3.05) is 0 Å². The van der Waals surface area contributed by atoms with Gasteiger partial charge in [-0.2, -0.15) is 0 Å². The van der Waals surface area contributed by atoms with Gasteiger partial charge in [-0.15, -0.1) is 0 Å². The highest BCUT2D eigenvalue weighted by molar-refractivity contribution is 9.10. The second kappa shape index (κ2) is 6.03. The van der Waals surface area contributed by atoms with Crippen molar-refractivity contribution >= 4 is 33.7 Å². The monoisotopic (exact) mass is 323 g/mol. The van der Waals surface area contributed by atoms with Crippen molar-refractivity contribution in [3.05, 3.63) is 63.1 Å². The molecule has 2 aromatic carbocycles. The van der Waals surface area contributed by atoms with Crippen LogP contribution in [0.5, 0.6) is 5.75 Å². The molecule has 92 valence electrons. The van der Waals surface area contributed by atoms with Gasteiger partial charge < -0.3 is 5.11 Å². The van der Waals surface area contributed by atoms with Crippen LogP contribution in [-0.4, -0.2) is 11.3 Å². The lowest BCUT2D eigenvalue weighted by atomic mass is 10.2. The average molecular weight is 325 g/mol. The molecular weight excluding hydrogens is 314 g/mol. The summed E-state index contributed by atoms with van der Waals surface area (Å²) in [5, 5.41) is 10.2. The number of phenolic OH excluding ortho intramolecular Hbond substituents is 1. The van der Waals surface area contributed by atoms with Crippen molar-refractivity contribution in [1.82, 2.24) is 0 Å². The number of hydrogen-bond acceptors (Lipinski definition) is 2. The third-order valence-corrected chi connectivity index (χ3v) is 3.11. The minimum Gasteiger partial charge on any atom is -0.507 e. The molecule has 2 rings (SSSR count). The predicted molar refractivity (Wildman–Crippen MR) is 78.6 cm³/mol. The van der Waals surface area contributed by atoms with Crippen LogP contribution in [0.1, 0.15) is 11.1 Å². The normalized spacial score (nSPS) is 11.0. The van der Waals surface area contributed by atoms with Gasteiger partial charge in [0.25, 0.3) is 0 Å². The molecule has 0 unspecified atom stereocenters. The van der Waals surface area contributed by atoms with Crippen molar-refractivity contribution in [2.24, 2.45) is 4.99 Å². The lowest BCUT2D eigenvalue weighted by Gasteiger charge is -2.00. The minimum absolute atomic E-state index is 0.178. The first-order valence-electron chi connectivity index (χ1n) is 5.38. The molecule has 0 heterocycles. The maximum Gasteiger partial charge on any atom is 0.124 e. The molecule has 0 amide bonds. The standard InChI is InChI=1S/C14H11BrClNO/c15-12-3-1-2-10(6-12)8-17-9-11-7-13(16)4-5-14(11)18/h1-7,9,18H,8H2. The number of halogens is 2. The van der Waals surface area contributed by atoms with Crippen LogP contribution >= 0.6 is 27.5 Å². The molecule has 18 heavy (non-hydrogen) atoms. The van der Waals surface area contributed by atoms with Crippen LogP contribution < -0.4 is 0 Å². The molecule has 2 aromatic rings. The van der Waals surface area contributed by atoms with Crippen LogP contribution in [0, 0.1) is 0 Å². The van der Waals surface area contributed by atoms with Gasteiger partial charge >= 0.3 is 0 Å². The first kappa shape index (κ1) is 13.1. The molecule has 0 fully saturated rings. The molecule has 4 heteroatoms. The molecule has 0 saturated carbocycles. The molecule has 1 N–H and O–H groups in total. The summed E-state index contributed by atoms with van der Waals surface area (Å²) in [7, 11) is 0. The van der Waals surface area contributed by atoms with E-state index in [1.54, 1.807) is 24.4 Å². The Morgan fingerprint density at radius 1 is 1.22 bits per heavy atom. The fourth-order valence-electron chi connectivity index (χ4n) is 1.51. The number of phenols is 1. The van der Waals surface area contributed by atoms with E-state index in [-0.39, 0.29) is 5.75 Å². The molecule has 0 aliphatic heterocycles. The molecule has 2 nitrogen and oxygen atoms in total. The summed E-state index contributed by atoms with van der Waals surface area (Å²) in [6.45, 7) is 0.561. The summed E-state index contributed by atoms with van der Waals surface area (Å²) in [6, 6.07) is 12.8. The van der Waals surface area contributed by atoms with Gasteiger partial charge in [-0.3, -0.25) is 4.99 Å². The summed E-state index contributed by atoms with van der Waals surface area (Å²) >= 11 is 9.27. The van der Waals surface area contributed by atoms with Crippen LogP contribution in [0.2, 0.25) is 5.02 Å². The Morgan fingerprint density at radius 2 is 2.06 bits per heavy atom. The molecule has 0 bridgehead atoms. The average Bonchev–Trinajstić information content (AvgIpc) is 2.34. The Hall–Kier alpha value is -1.32. The summed E-state index contributed by atoms with van der Waals surface area (Å²) in [5.74, 6) is 0.178. The van der Waals surface area contributed by atoms with Crippen molar-refractivity contribution in [2.45, 2.75) is 6.54 Å². The summed E-state index contributed by atoms with van der Waals surface area (Å²) in [6.07, 6.45) is 1.63. The van der Waals surface area contributed by atoms with E-state index < -0.39 is 0 Å². The summed E-state index contributed by atoms with van der Waals surface area (Å²) in [4.78, 5) is 4.29. The van der Waals surface area contributed by atoms with E-state index in [0.29, 0.717) is 17.1 Å². The third-order valence-electron chi connectivity index (χ3n) is 2.38. The van der Waals surface area contributed by atoms with Crippen LogP contribution in [0.15, 0.2) is 51.9 Å². The lowest BCUT2D eigenvalue weighted by Crippen LogP contribution is -1.86. The predicted octanol–water partition coefficient (Wildman–Crippen LogP) is 4.43. The Kier molecular flexibility index (Phi) is 4.39. The van der Waals surface area contributed by atoms with Gasteiger partial charge in [-0.1, -0.05) is 39.7 Å². The number of nitrogens with zero attached hydrogens (tertiary/aromatic N) is 1. The van der Waals surface area contributed by atoms with Gasteiger partial charge in [0.05, 0.1) is 6.54 Å². The van der Waals surface area contributed by atoms with Crippen molar-refractivity contribution in [3.8, 4) is 5.75 Å². The van der Waals surface area contributed by atoms with Crippen molar-refractivity contribution < 1.29 is 5.11 Å². The van der Waals surface area contributed by atoms with Gasteiger partial charge in [-0.25, -0.2) is 0 Å². The Balaban J connectivity index is 2.10. The summed E-state index contributed by atoms with van der Waals surface area (Å²) < 4.78 is 1.03. The fourth-order valence-corrected chi connectivity index (χ4v) is 2.14. The molecule has 0 saturated heterocycles. The van der Waals surface area contributed by atoms with E-state index in [2.05, 4.69) is 20.9 Å². The smallest absolute Gasteiger partial charge is 0.124 e. The highest BCUT2D eigenvalue weighted by Crippen LogP contribution is 2.20. The zero-order valence-corrected chi connectivity index (χ0v) is 11.8. The SMILES string of the molecule is Oc1ccc(Cl)cc1C=NCc1cccc(Br)c1.